The number of fused-ring (bicyclic) bond motifs is 1. The molecule has 0 amide bonds. The predicted octanol–water partition coefficient (Wildman–Crippen LogP) is 3.10. The first-order valence-electron chi connectivity index (χ1n) is 4.24. The summed E-state index contributed by atoms with van der Waals surface area (Å²) in [6.45, 7) is 0. The lowest BCUT2D eigenvalue weighted by atomic mass is 10.1. The van der Waals surface area contributed by atoms with Gasteiger partial charge in [-0.3, -0.25) is 4.79 Å². The van der Waals surface area contributed by atoms with Crippen LogP contribution in [-0.4, -0.2) is 16.1 Å². The maximum Gasteiger partial charge on any atom is 0.307 e. The van der Waals surface area contributed by atoms with Gasteiger partial charge in [-0.05, 0) is 17.7 Å². The summed E-state index contributed by atoms with van der Waals surface area (Å²) in [5.74, 6) is -0.887. The molecular weight excluding hydrogens is 237 g/mol. The summed E-state index contributed by atoms with van der Waals surface area (Å²) in [4.78, 5) is 13.5. The Hall–Kier alpha value is -1.19. The lowest BCUT2D eigenvalue weighted by molar-refractivity contribution is -0.136. The zero-order chi connectivity index (χ0) is 11.0. The van der Waals surface area contributed by atoms with Gasteiger partial charge in [0.1, 0.15) is 0 Å². The summed E-state index contributed by atoms with van der Waals surface area (Å²) in [6.07, 6.45) is 1.59. The molecule has 78 valence electrons. The van der Waals surface area contributed by atoms with Gasteiger partial charge in [0.2, 0.25) is 0 Å². The van der Waals surface area contributed by atoms with Crippen molar-refractivity contribution >= 4 is 40.1 Å². The van der Waals surface area contributed by atoms with Crippen molar-refractivity contribution in [3.8, 4) is 0 Å². The van der Waals surface area contributed by atoms with Crippen molar-refractivity contribution in [1.29, 1.82) is 0 Å². The van der Waals surface area contributed by atoms with Gasteiger partial charge >= 0.3 is 5.97 Å². The molecule has 0 atom stereocenters. The molecule has 0 saturated heterocycles. The first-order valence-corrected chi connectivity index (χ1v) is 5.00. The molecule has 1 heterocycles. The van der Waals surface area contributed by atoms with Gasteiger partial charge < -0.3 is 10.1 Å². The average Bonchev–Trinajstić information content (AvgIpc) is 2.46. The zero-order valence-corrected chi connectivity index (χ0v) is 9.06. The van der Waals surface area contributed by atoms with E-state index in [0.717, 1.165) is 10.9 Å². The molecule has 0 saturated carbocycles. The quantitative estimate of drug-likeness (QED) is 0.852. The second kappa shape index (κ2) is 3.76. The smallest absolute Gasteiger partial charge is 0.307 e. The molecule has 15 heavy (non-hydrogen) atoms. The molecular formula is C10H7Cl2NO2. The van der Waals surface area contributed by atoms with Crippen LogP contribution in [-0.2, 0) is 11.2 Å². The molecule has 2 rings (SSSR count). The molecule has 0 bridgehead atoms. The first kappa shape index (κ1) is 10.3. The first-order chi connectivity index (χ1) is 7.08. The number of aromatic amines is 1. The molecule has 0 aliphatic heterocycles. The van der Waals surface area contributed by atoms with E-state index in [1.165, 1.54) is 0 Å². The van der Waals surface area contributed by atoms with Crippen LogP contribution in [0.5, 0.6) is 0 Å². The molecule has 0 fully saturated rings. The Morgan fingerprint density at radius 2 is 2.13 bits per heavy atom. The molecule has 0 aliphatic carbocycles. The average molecular weight is 244 g/mol. The summed E-state index contributed by atoms with van der Waals surface area (Å²) in [5.41, 5.74) is 1.42. The number of nitrogens with one attached hydrogen (secondary N) is 1. The minimum Gasteiger partial charge on any atom is -0.481 e. The fraction of sp³-hybridized carbons (Fsp3) is 0.100. The second-order valence-corrected chi connectivity index (χ2v) is 4.04. The van der Waals surface area contributed by atoms with Crippen LogP contribution in [0.4, 0.5) is 0 Å². The van der Waals surface area contributed by atoms with Gasteiger partial charge in [0.15, 0.2) is 0 Å². The van der Waals surface area contributed by atoms with E-state index >= 15 is 0 Å². The predicted molar refractivity (Wildman–Crippen MR) is 59.7 cm³/mol. The maximum absolute atomic E-state index is 10.6. The second-order valence-electron chi connectivity index (χ2n) is 3.19. The van der Waals surface area contributed by atoms with E-state index in [0.29, 0.717) is 15.6 Å². The lowest BCUT2D eigenvalue weighted by Gasteiger charge is -1.98. The Labute approximate surface area is 95.6 Å². The number of hydrogen-bond donors (Lipinski definition) is 2. The fourth-order valence-corrected chi connectivity index (χ4v) is 2.17. The molecule has 3 nitrogen and oxygen atoms in total. The van der Waals surface area contributed by atoms with Crippen molar-refractivity contribution in [2.45, 2.75) is 6.42 Å². The van der Waals surface area contributed by atoms with Gasteiger partial charge in [0, 0.05) is 22.1 Å². The molecule has 0 unspecified atom stereocenters. The fourth-order valence-electron chi connectivity index (χ4n) is 1.55. The van der Waals surface area contributed by atoms with Crippen LogP contribution in [0.3, 0.4) is 0 Å². The molecule has 2 aromatic rings. The minimum atomic E-state index is -0.887. The van der Waals surface area contributed by atoms with Crippen molar-refractivity contribution in [2.24, 2.45) is 0 Å². The molecule has 0 radical (unpaired) electrons. The number of H-pyrrole nitrogens is 1. The summed E-state index contributed by atoms with van der Waals surface area (Å²) in [7, 11) is 0. The molecule has 0 spiro atoms. The molecule has 2 N–H and O–H groups in total. The highest BCUT2D eigenvalue weighted by Crippen LogP contribution is 2.30. The summed E-state index contributed by atoms with van der Waals surface area (Å²) in [5, 5.41) is 10.4. The highest BCUT2D eigenvalue weighted by atomic mass is 35.5. The van der Waals surface area contributed by atoms with Crippen LogP contribution in [0.1, 0.15) is 5.56 Å². The van der Waals surface area contributed by atoms with Crippen LogP contribution in [0, 0.1) is 0 Å². The van der Waals surface area contributed by atoms with E-state index in [9.17, 15) is 4.79 Å². The molecule has 5 heteroatoms. The topological polar surface area (TPSA) is 53.1 Å². The Balaban J connectivity index is 2.63. The zero-order valence-electron chi connectivity index (χ0n) is 7.55. The number of aromatic nitrogens is 1. The minimum absolute atomic E-state index is 0.0542. The molecule has 0 aliphatic rings. The van der Waals surface area contributed by atoms with E-state index in [4.69, 9.17) is 28.3 Å². The van der Waals surface area contributed by atoms with Gasteiger partial charge in [-0.2, -0.15) is 0 Å². The highest BCUT2D eigenvalue weighted by molar-refractivity contribution is 6.38. The molecule has 1 aromatic carbocycles. The van der Waals surface area contributed by atoms with E-state index in [1.807, 2.05) is 0 Å². The SMILES string of the molecule is O=C(O)Cc1c[nH]c2cc(Cl)cc(Cl)c12. The number of carbonyl (C=O) groups is 1. The Morgan fingerprint density at radius 1 is 1.40 bits per heavy atom. The van der Waals surface area contributed by atoms with Crippen molar-refractivity contribution in [3.63, 3.8) is 0 Å². The van der Waals surface area contributed by atoms with Crippen LogP contribution < -0.4 is 0 Å². The van der Waals surface area contributed by atoms with Crippen molar-refractivity contribution in [1.82, 2.24) is 4.98 Å². The van der Waals surface area contributed by atoms with Crippen molar-refractivity contribution in [2.75, 3.05) is 0 Å². The Bertz CT molecular complexity index is 533. The maximum atomic E-state index is 10.6. The van der Waals surface area contributed by atoms with Gasteiger partial charge in [-0.25, -0.2) is 0 Å². The number of hydrogen-bond acceptors (Lipinski definition) is 1. The third kappa shape index (κ3) is 1.94. The van der Waals surface area contributed by atoms with Gasteiger partial charge in [0.25, 0.3) is 0 Å². The number of halogens is 2. The van der Waals surface area contributed by atoms with Crippen LogP contribution in [0.15, 0.2) is 18.3 Å². The van der Waals surface area contributed by atoms with Crippen LogP contribution >= 0.6 is 23.2 Å². The monoisotopic (exact) mass is 243 g/mol. The highest BCUT2D eigenvalue weighted by Gasteiger charge is 2.11. The van der Waals surface area contributed by atoms with E-state index in [1.54, 1.807) is 18.3 Å². The van der Waals surface area contributed by atoms with Crippen molar-refractivity contribution < 1.29 is 9.90 Å². The Morgan fingerprint density at radius 3 is 2.80 bits per heavy atom. The van der Waals surface area contributed by atoms with E-state index in [-0.39, 0.29) is 6.42 Å². The Kier molecular flexibility index (Phi) is 2.59. The number of aliphatic carboxylic acids is 1. The van der Waals surface area contributed by atoms with E-state index < -0.39 is 5.97 Å². The van der Waals surface area contributed by atoms with Gasteiger partial charge in [-0.15, -0.1) is 0 Å². The van der Waals surface area contributed by atoms with Crippen molar-refractivity contribution in [3.05, 3.63) is 33.9 Å². The summed E-state index contributed by atoms with van der Waals surface area (Å²) >= 11 is 11.8. The summed E-state index contributed by atoms with van der Waals surface area (Å²) in [6, 6.07) is 3.32. The summed E-state index contributed by atoms with van der Waals surface area (Å²) < 4.78 is 0. The standard InChI is InChI=1S/C10H7Cl2NO2/c11-6-2-7(12)10-5(1-9(14)15)4-13-8(10)3-6/h2-4,13H,1H2,(H,14,15). The number of rotatable bonds is 2. The third-order valence-corrected chi connectivity index (χ3v) is 2.64. The number of carboxylic acid groups (broad SMARTS) is 1. The van der Waals surface area contributed by atoms with E-state index in [2.05, 4.69) is 4.98 Å². The van der Waals surface area contributed by atoms with Crippen LogP contribution in [0.25, 0.3) is 10.9 Å². The normalized spacial score (nSPS) is 10.8. The lowest BCUT2D eigenvalue weighted by Crippen LogP contribution is -1.98. The third-order valence-electron chi connectivity index (χ3n) is 2.12. The van der Waals surface area contributed by atoms with Gasteiger partial charge in [0.05, 0.1) is 11.4 Å². The molecule has 1 aromatic heterocycles. The number of benzene rings is 1. The van der Waals surface area contributed by atoms with Crippen LogP contribution in [0.2, 0.25) is 10.0 Å². The van der Waals surface area contributed by atoms with Gasteiger partial charge in [-0.1, -0.05) is 23.2 Å². The number of carboxylic acids is 1. The largest absolute Gasteiger partial charge is 0.481 e.